The summed E-state index contributed by atoms with van der Waals surface area (Å²) in [6.45, 7) is 3.93. The lowest BCUT2D eigenvalue weighted by molar-refractivity contribution is 0.0721. The van der Waals surface area contributed by atoms with Gasteiger partial charge in [-0.05, 0) is 25.5 Å². The van der Waals surface area contributed by atoms with Crippen LogP contribution in [0, 0.1) is 17.6 Å². The van der Waals surface area contributed by atoms with Gasteiger partial charge in [0.05, 0.1) is 6.61 Å². The molecule has 1 aromatic carbocycles. The molecule has 20 heavy (non-hydrogen) atoms. The summed E-state index contributed by atoms with van der Waals surface area (Å²) in [5, 5.41) is 0. The molecule has 1 heterocycles. The molecule has 0 N–H and O–H groups in total. The van der Waals surface area contributed by atoms with E-state index in [0.717, 1.165) is 18.6 Å². The third kappa shape index (κ3) is 3.35. The van der Waals surface area contributed by atoms with Gasteiger partial charge in [-0.15, -0.1) is 0 Å². The molecule has 1 aromatic rings. The van der Waals surface area contributed by atoms with E-state index in [1.807, 2.05) is 0 Å². The molecule has 0 spiro atoms. The second kappa shape index (κ2) is 6.63. The molecule has 1 saturated heterocycles. The van der Waals surface area contributed by atoms with Crippen molar-refractivity contribution in [3.63, 3.8) is 0 Å². The average Bonchev–Trinajstić information content (AvgIpc) is 2.87. The minimum Gasteiger partial charge on any atom is -0.381 e. The highest BCUT2D eigenvalue weighted by Crippen LogP contribution is 2.22. The predicted octanol–water partition coefficient (Wildman–Crippen LogP) is 3.23. The number of benzene rings is 1. The largest absolute Gasteiger partial charge is 0.381 e. The summed E-state index contributed by atoms with van der Waals surface area (Å²) >= 11 is 3.00. The Bertz CT molecular complexity index is 481. The van der Waals surface area contributed by atoms with Crippen molar-refractivity contribution < 1.29 is 18.3 Å². The fourth-order valence-corrected chi connectivity index (χ4v) is 2.70. The fraction of sp³-hybridized carbons (Fsp3) is 0.500. The standard InChI is InChI=1S/C14H16BrF2NO2/c1-2-18(7-9-3-4-20-8-9)14(19)13-11(16)5-10(15)6-12(13)17/h5-6,9H,2-4,7-8H2,1H3. The van der Waals surface area contributed by atoms with Gasteiger partial charge in [0.2, 0.25) is 0 Å². The lowest BCUT2D eigenvalue weighted by Crippen LogP contribution is -2.36. The van der Waals surface area contributed by atoms with Gasteiger partial charge in [0.15, 0.2) is 0 Å². The Morgan fingerprint density at radius 3 is 2.60 bits per heavy atom. The molecule has 2 rings (SSSR count). The fourth-order valence-electron chi connectivity index (χ4n) is 2.30. The maximum atomic E-state index is 13.8. The van der Waals surface area contributed by atoms with Crippen LogP contribution in [-0.2, 0) is 4.74 Å². The maximum Gasteiger partial charge on any atom is 0.259 e. The molecule has 0 aromatic heterocycles. The second-order valence-corrected chi connectivity index (χ2v) is 5.73. The number of carbonyl (C=O) groups excluding carboxylic acids is 1. The van der Waals surface area contributed by atoms with E-state index in [1.165, 1.54) is 4.90 Å². The SMILES string of the molecule is CCN(CC1CCOC1)C(=O)c1c(F)cc(Br)cc1F. The van der Waals surface area contributed by atoms with Crippen LogP contribution < -0.4 is 0 Å². The van der Waals surface area contributed by atoms with Crippen molar-refractivity contribution in [1.29, 1.82) is 0 Å². The van der Waals surface area contributed by atoms with E-state index in [9.17, 15) is 13.6 Å². The van der Waals surface area contributed by atoms with Gasteiger partial charge in [0.25, 0.3) is 5.91 Å². The summed E-state index contributed by atoms with van der Waals surface area (Å²) in [6.07, 6.45) is 0.870. The molecule has 0 bridgehead atoms. The second-order valence-electron chi connectivity index (χ2n) is 4.82. The smallest absolute Gasteiger partial charge is 0.259 e. The monoisotopic (exact) mass is 347 g/mol. The van der Waals surface area contributed by atoms with Crippen LogP contribution in [0.5, 0.6) is 0 Å². The van der Waals surface area contributed by atoms with Gasteiger partial charge in [0.1, 0.15) is 17.2 Å². The predicted molar refractivity (Wildman–Crippen MR) is 74.6 cm³/mol. The zero-order chi connectivity index (χ0) is 14.7. The summed E-state index contributed by atoms with van der Waals surface area (Å²) in [6, 6.07) is 2.20. The van der Waals surface area contributed by atoms with Crippen LogP contribution in [0.15, 0.2) is 16.6 Å². The van der Waals surface area contributed by atoms with Gasteiger partial charge < -0.3 is 9.64 Å². The molecule has 0 aliphatic carbocycles. The van der Waals surface area contributed by atoms with Crippen LogP contribution in [0.4, 0.5) is 8.78 Å². The molecule has 3 nitrogen and oxygen atoms in total. The highest BCUT2D eigenvalue weighted by atomic mass is 79.9. The third-order valence-corrected chi connectivity index (χ3v) is 3.85. The van der Waals surface area contributed by atoms with Gasteiger partial charge in [-0.1, -0.05) is 15.9 Å². The molecule has 1 fully saturated rings. The lowest BCUT2D eigenvalue weighted by atomic mass is 10.1. The minimum absolute atomic E-state index is 0.237. The highest BCUT2D eigenvalue weighted by Gasteiger charge is 2.26. The summed E-state index contributed by atoms with van der Waals surface area (Å²) < 4.78 is 33.2. The van der Waals surface area contributed by atoms with E-state index in [4.69, 9.17) is 4.74 Å². The lowest BCUT2D eigenvalue weighted by Gasteiger charge is -2.24. The number of hydrogen-bond donors (Lipinski definition) is 0. The normalized spacial score (nSPS) is 18.3. The first-order valence-electron chi connectivity index (χ1n) is 6.54. The summed E-state index contributed by atoms with van der Waals surface area (Å²) in [5.41, 5.74) is -0.492. The van der Waals surface area contributed by atoms with Crippen LogP contribution in [-0.4, -0.2) is 37.1 Å². The van der Waals surface area contributed by atoms with Crippen LogP contribution in [0.2, 0.25) is 0 Å². The number of carbonyl (C=O) groups is 1. The molecule has 110 valence electrons. The molecule has 0 saturated carbocycles. The van der Waals surface area contributed by atoms with Crippen LogP contribution in [0.1, 0.15) is 23.7 Å². The molecule has 6 heteroatoms. The zero-order valence-electron chi connectivity index (χ0n) is 11.2. The molecule has 1 aliphatic rings. The van der Waals surface area contributed by atoms with E-state index >= 15 is 0 Å². The molecular weight excluding hydrogens is 332 g/mol. The average molecular weight is 348 g/mol. The molecular formula is C14H16BrF2NO2. The van der Waals surface area contributed by atoms with Crippen LogP contribution in [0.25, 0.3) is 0 Å². The van der Waals surface area contributed by atoms with Crippen molar-refractivity contribution in [2.24, 2.45) is 5.92 Å². The van der Waals surface area contributed by atoms with Crippen molar-refractivity contribution >= 4 is 21.8 Å². The number of amides is 1. The Morgan fingerprint density at radius 2 is 2.10 bits per heavy atom. The molecule has 1 unspecified atom stereocenters. The van der Waals surface area contributed by atoms with Crippen molar-refractivity contribution in [3.05, 3.63) is 33.8 Å². The van der Waals surface area contributed by atoms with Crippen molar-refractivity contribution in [2.75, 3.05) is 26.3 Å². The Labute approximate surface area is 125 Å². The van der Waals surface area contributed by atoms with Crippen molar-refractivity contribution in [1.82, 2.24) is 4.90 Å². The maximum absolute atomic E-state index is 13.8. The molecule has 1 atom stereocenters. The topological polar surface area (TPSA) is 29.5 Å². The van der Waals surface area contributed by atoms with E-state index in [1.54, 1.807) is 6.92 Å². The Kier molecular flexibility index (Phi) is 5.10. The quantitative estimate of drug-likeness (QED) is 0.836. The van der Waals surface area contributed by atoms with Crippen molar-refractivity contribution in [2.45, 2.75) is 13.3 Å². The third-order valence-electron chi connectivity index (χ3n) is 3.39. The van der Waals surface area contributed by atoms with Gasteiger partial charge in [-0.3, -0.25) is 4.79 Å². The number of nitrogens with zero attached hydrogens (tertiary/aromatic N) is 1. The Balaban J connectivity index is 2.19. The summed E-state index contributed by atoms with van der Waals surface area (Å²) in [7, 11) is 0. The molecule has 0 radical (unpaired) electrons. The van der Waals surface area contributed by atoms with Gasteiger partial charge in [0, 0.05) is 30.1 Å². The van der Waals surface area contributed by atoms with E-state index in [-0.39, 0.29) is 10.4 Å². The number of halogens is 3. The van der Waals surface area contributed by atoms with E-state index in [0.29, 0.717) is 26.3 Å². The van der Waals surface area contributed by atoms with E-state index < -0.39 is 23.1 Å². The molecule has 1 aliphatic heterocycles. The van der Waals surface area contributed by atoms with Gasteiger partial charge in [-0.25, -0.2) is 8.78 Å². The summed E-state index contributed by atoms with van der Waals surface area (Å²) in [5.74, 6) is -2.06. The highest BCUT2D eigenvalue weighted by molar-refractivity contribution is 9.10. The Morgan fingerprint density at radius 1 is 1.45 bits per heavy atom. The van der Waals surface area contributed by atoms with Crippen molar-refractivity contribution in [3.8, 4) is 0 Å². The van der Waals surface area contributed by atoms with Gasteiger partial charge in [-0.2, -0.15) is 0 Å². The first-order valence-corrected chi connectivity index (χ1v) is 7.33. The van der Waals surface area contributed by atoms with Gasteiger partial charge >= 0.3 is 0 Å². The first-order chi connectivity index (χ1) is 9.52. The van der Waals surface area contributed by atoms with E-state index in [2.05, 4.69) is 15.9 Å². The van der Waals surface area contributed by atoms with Crippen LogP contribution in [0.3, 0.4) is 0 Å². The number of rotatable bonds is 4. The molecule has 1 amide bonds. The zero-order valence-corrected chi connectivity index (χ0v) is 12.8. The number of hydrogen-bond acceptors (Lipinski definition) is 2. The first kappa shape index (κ1) is 15.4. The minimum atomic E-state index is -0.844. The Hall–Kier alpha value is -1.01. The van der Waals surface area contributed by atoms with Crippen LogP contribution >= 0.6 is 15.9 Å². The number of ether oxygens (including phenoxy) is 1. The summed E-state index contributed by atoms with van der Waals surface area (Å²) in [4.78, 5) is 13.8.